The molecule has 58 valence electrons. The molecule has 1 atom stereocenters. The second kappa shape index (κ2) is 2.32. The molecule has 0 amide bonds. The van der Waals surface area contributed by atoms with E-state index in [0.717, 1.165) is 0 Å². The van der Waals surface area contributed by atoms with Crippen molar-refractivity contribution in [2.75, 3.05) is 5.88 Å². The van der Waals surface area contributed by atoms with E-state index in [2.05, 4.69) is 0 Å². The summed E-state index contributed by atoms with van der Waals surface area (Å²) in [4.78, 5) is 0. The van der Waals surface area contributed by atoms with Gasteiger partial charge in [0.05, 0.1) is 12.1 Å². The van der Waals surface area contributed by atoms with E-state index in [0.29, 0.717) is 12.3 Å². The van der Waals surface area contributed by atoms with Crippen molar-refractivity contribution in [3.8, 4) is 0 Å². The molecule has 0 saturated carbocycles. The van der Waals surface area contributed by atoms with E-state index >= 15 is 0 Å². The minimum atomic E-state index is -2.53. The topological polar surface area (TPSA) is 6.48 Å². The van der Waals surface area contributed by atoms with E-state index in [1.807, 2.05) is 0 Å². The smallest absolute Gasteiger partial charge is 0.215 e. The summed E-state index contributed by atoms with van der Waals surface area (Å²) in [5.74, 6) is -3.18. The molecule has 0 aliphatic carbocycles. The molecule has 2 nitrogen and oxygen atoms in total. The molecular weight excluding hydrogens is 169 g/mol. The zero-order chi connectivity index (χ0) is 7.78. The van der Waals surface area contributed by atoms with E-state index in [4.69, 9.17) is 11.6 Å². The molecular formula is C4H4ClF3N2. The van der Waals surface area contributed by atoms with Gasteiger partial charge in [-0.15, -0.1) is 21.3 Å². The van der Waals surface area contributed by atoms with Crippen molar-refractivity contribution < 1.29 is 13.4 Å². The highest BCUT2D eigenvalue weighted by Gasteiger charge is 2.43. The van der Waals surface area contributed by atoms with Gasteiger partial charge in [0.2, 0.25) is 5.79 Å². The van der Waals surface area contributed by atoms with Crippen LogP contribution in [0.25, 0.3) is 0 Å². The van der Waals surface area contributed by atoms with Gasteiger partial charge in [-0.2, -0.15) is 0 Å². The summed E-state index contributed by atoms with van der Waals surface area (Å²) in [6, 6.07) is 0. The second-order valence-electron chi connectivity index (χ2n) is 1.82. The van der Waals surface area contributed by atoms with Gasteiger partial charge >= 0.3 is 0 Å². The monoisotopic (exact) mass is 172 g/mol. The number of hydrogen-bond donors (Lipinski definition) is 0. The predicted octanol–water partition coefficient (Wildman–Crippen LogP) is 1.71. The zero-order valence-electron chi connectivity index (χ0n) is 4.77. The second-order valence-corrected chi connectivity index (χ2v) is 2.08. The molecule has 1 rings (SSSR count). The van der Waals surface area contributed by atoms with Crippen LogP contribution in [-0.2, 0) is 0 Å². The van der Waals surface area contributed by atoms with Crippen LogP contribution in [0.4, 0.5) is 13.4 Å². The molecule has 1 aliphatic heterocycles. The average molecular weight is 173 g/mol. The number of nitrogens with zero attached hydrogens (tertiary/aromatic N) is 2. The SMILES string of the molecule is FN1C=CC(F)(CCl)N1F. The quantitative estimate of drug-likeness (QED) is 0.338. The van der Waals surface area contributed by atoms with Crippen LogP contribution in [0, 0.1) is 0 Å². The van der Waals surface area contributed by atoms with Crippen LogP contribution in [-0.4, -0.2) is 22.1 Å². The van der Waals surface area contributed by atoms with Crippen molar-refractivity contribution in [3.05, 3.63) is 12.3 Å². The van der Waals surface area contributed by atoms with Crippen LogP contribution < -0.4 is 0 Å². The van der Waals surface area contributed by atoms with Crippen molar-refractivity contribution in [1.29, 1.82) is 0 Å². The van der Waals surface area contributed by atoms with Crippen molar-refractivity contribution in [2.24, 2.45) is 0 Å². The molecule has 0 radical (unpaired) electrons. The van der Waals surface area contributed by atoms with Crippen molar-refractivity contribution >= 4 is 11.6 Å². The lowest BCUT2D eigenvalue weighted by atomic mass is 10.3. The Balaban J connectivity index is 2.74. The minimum absolute atomic E-state index is 0.512. The fraction of sp³-hybridized carbons (Fsp3) is 0.500. The Bertz CT molecular complexity index is 165. The van der Waals surface area contributed by atoms with Gasteiger partial charge in [0.25, 0.3) is 0 Å². The molecule has 0 bridgehead atoms. The van der Waals surface area contributed by atoms with Gasteiger partial charge in [0.15, 0.2) is 0 Å². The third-order valence-corrected chi connectivity index (χ3v) is 1.49. The van der Waals surface area contributed by atoms with Gasteiger partial charge in [-0.05, 0) is 6.08 Å². The highest BCUT2D eigenvalue weighted by atomic mass is 35.5. The van der Waals surface area contributed by atoms with E-state index in [9.17, 15) is 13.4 Å². The minimum Gasteiger partial charge on any atom is -0.215 e. The Labute approximate surface area is 60.3 Å². The molecule has 0 aromatic rings. The van der Waals surface area contributed by atoms with E-state index in [-0.39, 0.29) is 0 Å². The van der Waals surface area contributed by atoms with E-state index in [1.54, 1.807) is 0 Å². The Kier molecular flexibility index (Phi) is 1.78. The number of hydrogen-bond acceptors (Lipinski definition) is 2. The summed E-state index contributed by atoms with van der Waals surface area (Å²) in [6.07, 6.45) is 1.31. The molecule has 1 aliphatic rings. The maximum atomic E-state index is 12.7. The predicted molar refractivity (Wildman–Crippen MR) is 29.6 cm³/mol. The number of hydrazine groups is 1. The average Bonchev–Trinajstić information content (AvgIpc) is 2.19. The van der Waals surface area contributed by atoms with Crippen LogP contribution >= 0.6 is 11.6 Å². The standard InChI is InChI=1S/C4H4ClF3N2/c5-3-4(6)1-2-9(7)10(4)8/h1-2H,3H2. The molecule has 0 aromatic carbocycles. The summed E-state index contributed by atoms with van der Waals surface area (Å²) in [5, 5.41) is -1.23. The van der Waals surface area contributed by atoms with Crippen LogP contribution in [0.5, 0.6) is 0 Å². The van der Waals surface area contributed by atoms with Gasteiger partial charge in [-0.25, -0.2) is 4.39 Å². The van der Waals surface area contributed by atoms with Crippen molar-refractivity contribution in [1.82, 2.24) is 10.5 Å². The zero-order valence-corrected chi connectivity index (χ0v) is 5.52. The van der Waals surface area contributed by atoms with Crippen molar-refractivity contribution in [3.63, 3.8) is 0 Å². The number of rotatable bonds is 1. The fourth-order valence-electron chi connectivity index (χ4n) is 0.548. The van der Waals surface area contributed by atoms with Crippen molar-refractivity contribution in [2.45, 2.75) is 5.79 Å². The molecule has 1 unspecified atom stereocenters. The highest BCUT2D eigenvalue weighted by molar-refractivity contribution is 6.18. The molecule has 0 spiro atoms. The first-order chi connectivity index (χ1) is 4.60. The molecule has 0 saturated heterocycles. The van der Waals surface area contributed by atoms with E-state index in [1.165, 1.54) is 0 Å². The summed E-state index contributed by atoms with van der Waals surface area (Å²) >= 11 is 5.01. The van der Waals surface area contributed by atoms with Crippen LogP contribution in [0.15, 0.2) is 12.3 Å². The largest absolute Gasteiger partial charge is 0.246 e. The molecule has 0 aromatic heterocycles. The van der Waals surface area contributed by atoms with Crippen LogP contribution in [0.3, 0.4) is 0 Å². The van der Waals surface area contributed by atoms with Gasteiger partial charge in [-0.1, -0.05) is 4.48 Å². The van der Waals surface area contributed by atoms with Gasteiger partial charge in [0.1, 0.15) is 0 Å². The third-order valence-electron chi connectivity index (χ3n) is 1.11. The Morgan fingerprint density at radius 3 is 2.30 bits per heavy atom. The Morgan fingerprint density at radius 2 is 2.10 bits per heavy atom. The molecule has 0 fully saturated rings. The van der Waals surface area contributed by atoms with Gasteiger partial charge < -0.3 is 0 Å². The first kappa shape index (κ1) is 7.68. The molecule has 6 heteroatoms. The summed E-state index contributed by atoms with van der Waals surface area (Å²) in [7, 11) is 0. The molecule has 0 N–H and O–H groups in total. The number of halogens is 4. The maximum absolute atomic E-state index is 12.7. The first-order valence-corrected chi connectivity index (χ1v) is 2.99. The Morgan fingerprint density at radius 1 is 1.50 bits per heavy atom. The van der Waals surface area contributed by atoms with Crippen LogP contribution in [0.2, 0.25) is 0 Å². The summed E-state index contributed by atoms with van der Waals surface area (Å²) in [5.41, 5.74) is 0. The van der Waals surface area contributed by atoms with E-state index < -0.39 is 22.1 Å². The lowest BCUT2D eigenvalue weighted by Gasteiger charge is -2.20. The van der Waals surface area contributed by atoms with Gasteiger partial charge in [0, 0.05) is 5.23 Å². The third kappa shape index (κ3) is 0.951. The summed E-state index contributed by atoms with van der Waals surface area (Å²) < 4.78 is 37.0. The first-order valence-electron chi connectivity index (χ1n) is 2.45. The lowest BCUT2D eigenvalue weighted by molar-refractivity contribution is -0.290. The normalized spacial score (nSPS) is 33.8. The fourth-order valence-corrected chi connectivity index (χ4v) is 0.736. The lowest BCUT2D eigenvalue weighted by Crippen LogP contribution is -2.40. The maximum Gasteiger partial charge on any atom is 0.246 e. The number of alkyl halides is 2. The Hall–Kier alpha value is -0.420. The molecule has 1 heterocycles. The van der Waals surface area contributed by atoms with Crippen LogP contribution in [0.1, 0.15) is 0 Å². The summed E-state index contributed by atoms with van der Waals surface area (Å²) in [6.45, 7) is 0. The highest BCUT2D eigenvalue weighted by Crippen LogP contribution is 2.29. The van der Waals surface area contributed by atoms with Gasteiger partial charge in [-0.3, -0.25) is 0 Å². The molecule has 10 heavy (non-hydrogen) atoms.